The van der Waals surface area contributed by atoms with Crippen LogP contribution in [0.4, 0.5) is 0 Å². The van der Waals surface area contributed by atoms with Gasteiger partial charge in [-0.15, -0.1) is 0 Å². The number of rotatable bonds is 4. The number of likely N-dealkylation sites (tertiary alicyclic amines) is 1. The molecule has 1 saturated heterocycles. The highest BCUT2D eigenvalue weighted by atomic mass is 16.5. The Morgan fingerprint density at radius 3 is 3.00 bits per heavy atom. The van der Waals surface area contributed by atoms with E-state index in [9.17, 15) is 4.79 Å². The van der Waals surface area contributed by atoms with E-state index in [-0.39, 0.29) is 11.7 Å². The zero-order chi connectivity index (χ0) is 15.4. The number of nitriles is 1. The van der Waals surface area contributed by atoms with Gasteiger partial charge in [-0.05, 0) is 12.3 Å². The van der Waals surface area contributed by atoms with Gasteiger partial charge in [0.2, 0.25) is 5.76 Å². The van der Waals surface area contributed by atoms with Gasteiger partial charge in [-0.2, -0.15) is 5.26 Å². The molecule has 22 heavy (non-hydrogen) atoms. The van der Waals surface area contributed by atoms with Gasteiger partial charge in [-0.3, -0.25) is 4.79 Å². The molecule has 2 aromatic rings. The highest BCUT2D eigenvalue weighted by molar-refractivity contribution is 5.92. The Morgan fingerprint density at radius 2 is 2.27 bits per heavy atom. The third kappa shape index (κ3) is 3.09. The van der Waals surface area contributed by atoms with Gasteiger partial charge in [-0.25, -0.2) is 0 Å². The Balaban J connectivity index is 1.57. The fraction of sp³-hybridized carbons (Fsp3) is 0.312. The lowest BCUT2D eigenvalue weighted by atomic mass is 10.1. The minimum Gasteiger partial charge on any atom is -0.350 e. The molecule has 6 nitrogen and oxygen atoms in total. The lowest BCUT2D eigenvalue weighted by Gasteiger charge is -2.09. The highest BCUT2D eigenvalue weighted by Gasteiger charge is 2.22. The molecule has 112 valence electrons. The molecule has 3 rings (SSSR count). The fourth-order valence-electron chi connectivity index (χ4n) is 2.54. The van der Waals surface area contributed by atoms with Gasteiger partial charge in [0.1, 0.15) is 5.69 Å². The van der Waals surface area contributed by atoms with Gasteiger partial charge < -0.3 is 14.7 Å². The van der Waals surface area contributed by atoms with Crippen LogP contribution in [0, 0.1) is 17.4 Å². The summed E-state index contributed by atoms with van der Waals surface area (Å²) in [6, 6.07) is 11.2. The summed E-state index contributed by atoms with van der Waals surface area (Å²) in [6.45, 7) is 2.00. The van der Waals surface area contributed by atoms with E-state index >= 15 is 0 Å². The summed E-state index contributed by atoms with van der Waals surface area (Å²) in [6.07, 6.45) is 3.04. The highest BCUT2D eigenvalue weighted by Crippen LogP contribution is 2.19. The quantitative estimate of drug-likeness (QED) is 0.871. The van der Waals surface area contributed by atoms with E-state index in [1.807, 2.05) is 30.3 Å². The number of benzene rings is 1. The maximum atomic E-state index is 12.1. The zero-order valence-corrected chi connectivity index (χ0v) is 12.0. The number of carbonyl (C=O) groups excluding carboxylic acids is 1. The van der Waals surface area contributed by atoms with Crippen LogP contribution in [0.5, 0.6) is 0 Å². The number of nitrogens with one attached hydrogen (secondary N) is 1. The van der Waals surface area contributed by atoms with E-state index in [0.29, 0.717) is 24.7 Å². The molecule has 0 radical (unpaired) electrons. The van der Waals surface area contributed by atoms with Crippen molar-refractivity contribution < 1.29 is 9.32 Å². The predicted molar refractivity (Wildman–Crippen MR) is 79.6 cm³/mol. The van der Waals surface area contributed by atoms with E-state index in [0.717, 1.165) is 18.5 Å². The lowest BCUT2D eigenvalue weighted by molar-refractivity contribution is 0.0911. The first-order valence-electron chi connectivity index (χ1n) is 7.21. The molecule has 1 aliphatic heterocycles. The molecule has 0 bridgehead atoms. The van der Waals surface area contributed by atoms with E-state index in [4.69, 9.17) is 9.78 Å². The van der Waals surface area contributed by atoms with Crippen molar-refractivity contribution in [2.75, 3.05) is 19.6 Å². The fourth-order valence-corrected chi connectivity index (χ4v) is 2.54. The van der Waals surface area contributed by atoms with Crippen molar-refractivity contribution in [2.45, 2.75) is 6.42 Å². The van der Waals surface area contributed by atoms with Crippen molar-refractivity contribution in [3.8, 4) is 17.5 Å². The molecule has 0 saturated carbocycles. The second kappa shape index (κ2) is 6.31. The van der Waals surface area contributed by atoms with Gasteiger partial charge in [0, 0.05) is 31.3 Å². The summed E-state index contributed by atoms with van der Waals surface area (Å²) in [5, 5.41) is 15.6. The molecule has 0 spiro atoms. The van der Waals surface area contributed by atoms with Gasteiger partial charge >= 0.3 is 0 Å². The first-order chi connectivity index (χ1) is 10.8. The van der Waals surface area contributed by atoms with Gasteiger partial charge in [0.25, 0.3) is 5.91 Å². The number of hydrogen-bond donors (Lipinski definition) is 1. The Kier molecular flexibility index (Phi) is 4.05. The van der Waals surface area contributed by atoms with Gasteiger partial charge in [-0.1, -0.05) is 35.5 Å². The normalized spacial score (nSPS) is 17.2. The smallest absolute Gasteiger partial charge is 0.289 e. The maximum absolute atomic E-state index is 12.1. The molecule has 1 aromatic carbocycles. The number of amides is 1. The Bertz CT molecular complexity index is 690. The Morgan fingerprint density at radius 1 is 1.45 bits per heavy atom. The van der Waals surface area contributed by atoms with Crippen molar-refractivity contribution in [2.24, 2.45) is 5.92 Å². The molecule has 1 amide bonds. The second-order valence-electron chi connectivity index (χ2n) is 5.35. The van der Waals surface area contributed by atoms with Crippen LogP contribution in [-0.2, 0) is 0 Å². The minimum absolute atomic E-state index is 0.203. The van der Waals surface area contributed by atoms with Crippen LogP contribution in [0.15, 0.2) is 40.9 Å². The van der Waals surface area contributed by atoms with E-state index in [2.05, 4.69) is 16.7 Å². The molecular weight excluding hydrogens is 280 g/mol. The zero-order valence-electron chi connectivity index (χ0n) is 12.0. The van der Waals surface area contributed by atoms with Crippen LogP contribution in [0.2, 0.25) is 0 Å². The van der Waals surface area contributed by atoms with Crippen LogP contribution in [0.25, 0.3) is 11.3 Å². The summed E-state index contributed by atoms with van der Waals surface area (Å²) in [7, 11) is 0. The SMILES string of the molecule is N#CN1CC[C@H](CNC(=O)c2cc(-c3ccccc3)no2)C1. The largest absolute Gasteiger partial charge is 0.350 e. The third-order valence-corrected chi connectivity index (χ3v) is 3.78. The van der Waals surface area contributed by atoms with E-state index < -0.39 is 0 Å². The first kappa shape index (κ1) is 14.1. The molecule has 1 atom stereocenters. The van der Waals surface area contributed by atoms with Crippen LogP contribution in [-0.4, -0.2) is 35.6 Å². The summed E-state index contributed by atoms with van der Waals surface area (Å²) < 4.78 is 5.11. The molecule has 1 aliphatic rings. The van der Waals surface area contributed by atoms with Crippen molar-refractivity contribution in [3.63, 3.8) is 0 Å². The topological polar surface area (TPSA) is 82.2 Å². The van der Waals surface area contributed by atoms with Gasteiger partial charge in [0.15, 0.2) is 6.19 Å². The van der Waals surface area contributed by atoms with Gasteiger partial charge in [0.05, 0.1) is 0 Å². The van der Waals surface area contributed by atoms with E-state index in [1.54, 1.807) is 11.0 Å². The standard InChI is InChI=1S/C16H16N4O2/c17-11-20-7-6-12(10-20)9-18-16(21)15-8-14(19-22-15)13-4-2-1-3-5-13/h1-5,8,12H,6-7,9-10H2,(H,18,21)/t12-/m1/s1. The summed E-state index contributed by atoms with van der Waals surface area (Å²) in [4.78, 5) is 13.8. The second-order valence-corrected chi connectivity index (χ2v) is 5.35. The lowest BCUT2D eigenvalue weighted by Crippen LogP contribution is -2.30. The number of aromatic nitrogens is 1. The van der Waals surface area contributed by atoms with Crippen LogP contribution in [0.1, 0.15) is 17.0 Å². The van der Waals surface area contributed by atoms with Crippen LogP contribution < -0.4 is 5.32 Å². The number of carbonyl (C=O) groups is 1. The van der Waals surface area contributed by atoms with Crippen LogP contribution in [0.3, 0.4) is 0 Å². The monoisotopic (exact) mass is 296 g/mol. The molecule has 1 aromatic heterocycles. The summed E-state index contributed by atoms with van der Waals surface area (Å²) in [5.41, 5.74) is 1.55. The Labute approximate surface area is 128 Å². The molecule has 0 aliphatic carbocycles. The van der Waals surface area contributed by atoms with Crippen molar-refractivity contribution in [3.05, 3.63) is 42.2 Å². The first-order valence-corrected chi connectivity index (χ1v) is 7.21. The van der Waals surface area contributed by atoms with Crippen molar-refractivity contribution >= 4 is 5.91 Å². The molecule has 0 unspecified atom stereocenters. The van der Waals surface area contributed by atoms with Crippen molar-refractivity contribution in [1.29, 1.82) is 5.26 Å². The summed E-state index contributed by atoms with van der Waals surface area (Å²) in [5.74, 6) is 0.235. The molecular formula is C16H16N4O2. The predicted octanol–water partition coefficient (Wildman–Crippen LogP) is 1.87. The molecule has 1 N–H and O–H groups in total. The third-order valence-electron chi connectivity index (χ3n) is 3.78. The minimum atomic E-state index is -0.273. The molecule has 6 heteroatoms. The maximum Gasteiger partial charge on any atom is 0.289 e. The average Bonchev–Trinajstić information content (AvgIpc) is 3.22. The van der Waals surface area contributed by atoms with Crippen molar-refractivity contribution in [1.82, 2.24) is 15.4 Å². The molecule has 1 fully saturated rings. The van der Waals surface area contributed by atoms with E-state index in [1.165, 1.54) is 0 Å². The molecule has 2 heterocycles. The average molecular weight is 296 g/mol. The summed E-state index contributed by atoms with van der Waals surface area (Å²) >= 11 is 0. The van der Waals surface area contributed by atoms with Crippen LogP contribution >= 0.6 is 0 Å². The Hall–Kier alpha value is -2.81. The number of nitrogens with zero attached hydrogens (tertiary/aromatic N) is 3. The number of hydrogen-bond acceptors (Lipinski definition) is 5.